The summed E-state index contributed by atoms with van der Waals surface area (Å²) in [6.07, 6.45) is 4.96. The van der Waals surface area contributed by atoms with Crippen LogP contribution in [-0.2, 0) is 0 Å². The third-order valence-electron chi connectivity index (χ3n) is 1.14. The third kappa shape index (κ3) is 1.11. The minimum Gasteiger partial charge on any atom is -0.472 e. The number of rotatable bonds is 2. The summed E-state index contributed by atoms with van der Waals surface area (Å²) < 4.78 is 4.83. The predicted molar refractivity (Wildman–Crippen MR) is 37.9 cm³/mol. The van der Waals surface area contributed by atoms with E-state index in [1.165, 1.54) is 0 Å². The molecule has 1 nitrogen and oxygen atoms in total. The normalized spacial score (nSPS) is 8.89. The molecule has 0 aromatic carbocycles. The van der Waals surface area contributed by atoms with E-state index in [1.54, 1.807) is 18.6 Å². The molecule has 1 heteroatoms. The molecule has 0 saturated carbocycles. The summed E-state index contributed by atoms with van der Waals surface area (Å²) in [5.74, 6) is 0. The summed E-state index contributed by atoms with van der Waals surface area (Å²) in [6.45, 7) is 7.31. The first-order valence-corrected chi connectivity index (χ1v) is 2.68. The SMILES string of the molecule is C=CC(=C)c1ccoc1. The quantitative estimate of drug-likeness (QED) is 0.546. The van der Waals surface area contributed by atoms with E-state index in [1.807, 2.05) is 6.07 Å². The van der Waals surface area contributed by atoms with Gasteiger partial charge in [0.05, 0.1) is 12.5 Å². The number of furan rings is 1. The zero-order valence-electron chi connectivity index (χ0n) is 5.13. The van der Waals surface area contributed by atoms with Crippen molar-refractivity contribution >= 4 is 5.57 Å². The van der Waals surface area contributed by atoms with Gasteiger partial charge in [0, 0.05) is 5.56 Å². The minimum atomic E-state index is 0.892. The molecule has 0 aliphatic carbocycles. The molecular formula is C8H8O. The van der Waals surface area contributed by atoms with Crippen molar-refractivity contribution in [3.63, 3.8) is 0 Å². The van der Waals surface area contributed by atoms with Gasteiger partial charge < -0.3 is 4.42 Å². The Morgan fingerprint density at radius 2 is 2.44 bits per heavy atom. The second-order valence-corrected chi connectivity index (χ2v) is 1.74. The van der Waals surface area contributed by atoms with Crippen LogP contribution < -0.4 is 0 Å². The first kappa shape index (κ1) is 5.89. The van der Waals surface area contributed by atoms with Gasteiger partial charge in [0.15, 0.2) is 0 Å². The summed E-state index contributed by atoms with van der Waals surface area (Å²) >= 11 is 0. The van der Waals surface area contributed by atoms with E-state index in [4.69, 9.17) is 4.42 Å². The highest BCUT2D eigenvalue weighted by Gasteiger charge is 1.92. The zero-order chi connectivity index (χ0) is 6.69. The molecule has 0 radical (unpaired) electrons. The Balaban J connectivity index is 2.89. The van der Waals surface area contributed by atoms with E-state index in [-0.39, 0.29) is 0 Å². The average molecular weight is 120 g/mol. The maximum atomic E-state index is 4.83. The van der Waals surface area contributed by atoms with Gasteiger partial charge in [-0.15, -0.1) is 0 Å². The average Bonchev–Trinajstić information content (AvgIpc) is 2.37. The Kier molecular flexibility index (Phi) is 1.54. The molecule has 0 bridgehead atoms. The van der Waals surface area contributed by atoms with Crippen LogP contribution in [0.2, 0.25) is 0 Å². The molecule has 0 N–H and O–H groups in total. The minimum absolute atomic E-state index is 0.892. The molecule has 0 saturated heterocycles. The molecule has 1 rings (SSSR count). The number of hydrogen-bond acceptors (Lipinski definition) is 1. The zero-order valence-corrected chi connectivity index (χ0v) is 5.13. The van der Waals surface area contributed by atoms with Crippen molar-refractivity contribution in [2.45, 2.75) is 0 Å². The van der Waals surface area contributed by atoms with Crippen molar-refractivity contribution in [3.8, 4) is 0 Å². The third-order valence-corrected chi connectivity index (χ3v) is 1.14. The molecular weight excluding hydrogens is 112 g/mol. The molecule has 9 heavy (non-hydrogen) atoms. The van der Waals surface area contributed by atoms with Crippen molar-refractivity contribution in [2.75, 3.05) is 0 Å². The van der Waals surface area contributed by atoms with Crippen LogP contribution in [0.3, 0.4) is 0 Å². The predicted octanol–water partition coefficient (Wildman–Crippen LogP) is 2.48. The lowest BCUT2D eigenvalue weighted by Gasteiger charge is -1.88. The van der Waals surface area contributed by atoms with Gasteiger partial charge in [-0.25, -0.2) is 0 Å². The Morgan fingerprint density at radius 3 is 2.89 bits per heavy atom. The van der Waals surface area contributed by atoms with Gasteiger partial charge in [-0.1, -0.05) is 19.2 Å². The lowest BCUT2D eigenvalue weighted by atomic mass is 10.2. The number of hydrogen-bond donors (Lipinski definition) is 0. The van der Waals surface area contributed by atoms with Crippen molar-refractivity contribution in [1.29, 1.82) is 0 Å². The molecule has 0 unspecified atom stereocenters. The molecule has 0 aliphatic rings. The second kappa shape index (κ2) is 2.35. The van der Waals surface area contributed by atoms with E-state index in [0.717, 1.165) is 11.1 Å². The van der Waals surface area contributed by atoms with E-state index in [0.29, 0.717) is 0 Å². The van der Waals surface area contributed by atoms with Gasteiger partial charge in [-0.2, -0.15) is 0 Å². The summed E-state index contributed by atoms with van der Waals surface area (Å²) in [7, 11) is 0. The molecule has 1 aromatic heterocycles. The first-order valence-electron chi connectivity index (χ1n) is 2.68. The summed E-state index contributed by atoms with van der Waals surface area (Å²) in [6, 6.07) is 1.85. The topological polar surface area (TPSA) is 13.1 Å². The fraction of sp³-hybridized carbons (Fsp3) is 0. The van der Waals surface area contributed by atoms with Crippen LogP contribution >= 0.6 is 0 Å². The van der Waals surface area contributed by atoms with Crippen LogP contribution in [0.1, 0.15) is 5.56 Å². The lowest BCUT2D eigenvalue weighted by Crippen LogP contribution is -1.68. The lowest BCUT2D eigenvalue weighted by molar-refractivity contribution is 0.566. The van der Waals surface area contributed by atoms with Crippen molar-refractivity contribution in [3.05, 3.63) is 43.4 Å². The molecule has 46 valence electrons. The Hall–Kier alpha value is -1.24. The molecule has 0 aliphatic heterocycles. The van der Waals surface area contributed by atoms with Gasteiger partial charge in [0.2, 0.25) is 0 Å². The van der Waals surface area contributed by atoms with Crippen LogP contribution in [0.15, 0.2) is 42.2 Å². The van der Waals surface area contributed by atoms with Crippen molar-refractivity contribution < 1.29 is 4.42 Å². The van der Waals surface area contributed by atoms with Crippen molar-refractivity contribution in [2.24, 2.45) is 0 Å². The maximum absolute atomic E-state index is 4.83. The highest BCUT2D eigenvalue weighted by molar-refractivity contribution is 5.70. The monoisotopic (exact) mass is 120 g/mol. The van der Waals surface area contributed by atoms with Crippen LogP contribution in [0, 0.1) is 0 Å². The van der Waals surface area contributed by atoms with Gasteiger partial charge in [-0.05, 0) is 11.6 Å². The molecule has 0 amide bonds. The molecule has 0 fully saturated rings. The summed E-state index contributed by atoms with van der Waals surface area (Å²) in [5, 5.41) is 0. The van der Waals surface area contributed by atoms with E-state index >= 15 is 0 Å². The summed E-state index contributed by atoms with van der Waals surface area (Å²) in [4.78, 5) is 0. The first-order chi connectivity index (χ1) is 4.34. The molecule has 0 atom stereocenters. The molecule has 0 spiro atoms. The van der Waals surface area contributed by atoms with E-state index in [2.05, 4.69) is 13.2 Å². The van der Waals surface area contributed by atoms with Gasteiger partial charge in [0.1, 0.15) is 0 Å². The second-order valence-electron chi connectivity index (χ2n) is 1.74. The fourth-order valence-electron chi connectivity index (χ4n) is 0.565. The smallest absolute Gasteiger partial charge is 0.0980 e. The van der Waals surface area contributed by atoms with Crippen molar-refractivity contribution in [1.82, 2.24) is 0 Å². The number of allylic oxidation sites excluding steroid dienone is 2. The Morgan fingerprint density at radius 1 is 1.67 bits per heavy atom. The van der Waals surface area contributed by atoms with Gasteiger partial charge in [0.25, 0.3) is 0 Å². The largest absolute Gasteiger partial charge is 0.472 e. The standard InChI is InChI=1S/C8H8O/c1-3-7(2)8-4-5-9-6-8/h3-6H,1-2H2. The molecule has 1 heterocycles. The highest BCUT2D eigenvalue weighted by atomic mass is 16.3. The van der Waals surface area contributed by atoms with E-state index in [9.17, 15) is 0 Å². The Bertz CT molecular complexity index is 206. The van der Waals surface area contributed by atoms with Gasteiger partial charge >= 0.3 is 0 Å². The highest BCUT2D eigenvalue weighted by Crippen LogP contribution is 2.11. The van der Waals surface area contributed by atoms with Crippen LogP contribution in [0.4, 0.5) is 0 Å². The Labute approximate surface area is 54.3 Å². The van der Waals surface area contributed by atoms with E-state index < -0.39 is 0 Å². The summed E-state index contributed by atoms with van der Waals surface area (Å²) in [5.41, 5.74) is 1.88. The maximum Gasteiger partial charge on any atom is 0.0980 e. The van der Waals surface area contributed by atoms with Crippen LogP contribution in [0.5, 0.6) is 0 Å². The fourth-order valence-corrected chi connectivity index (χ4v) is 0.565. The molecule has 1 aromatic rings. The van der Waals surface area contributed by atoms with Gasteiger partial charge in [-0.3, -0.25) is 0 Å². The van der Waals surface area contributed by atoms with Crippen LogP contribution in [0.25, 0.3) is 5.57 Å². The van der Waals surface area contributed by atoms with Crippen LogP contribution in [-0.4, -0.2) is 0 Å².